The summed E-state index contributed by atoms with van der Waals surface area (Å²) >= 11 is 0. The van der Waals surface area contributed by atoms with E-state index in [4.69, 9.17) is 5.26 Å². The van der Waals surface area contributed by atoms with Crippen LogP contribution < -0.4 is 5.32 Å². The fourth-order valence-corrected chi connectivity index (χ4v) is 1.83. The number of nitrogens with zero attached hydrogens (tertiary/aromatic N) is 1. The van der Waals surface area contributed by atoms with E-state index in [0.29, 0.717) is 13.0 Å². The summed E-state index contributed by atoms with van der Waals surface area (Å²) in [7, 11) is 0. The van der Waals surface area contributed by atoms with Gasteiger partial charge in [-0.25, -0.2) is 0 Å². The van der Waals surface area contributed by atoms with Crippen LogP contribution in [0.1, 0.15) is 12.5 Å². The van der Waals surface area contributed by atoms with Crippen LogP contribution in [0.2, 0.25) is 0 Å². The number of carbonyl (C=O) groups is 1. The van der Waals surface area contributed by atoms with Gasteiger partial charge in [0.05, 0.1) is 18.4 Å². The van der Waals surface area contributed by atoms with Crippen LogP contribution in [0, 0.1) is 17.2 Å². The molecule has 92 valence electrons. The highest BCUT2D eigenvalue weighted by molar-refractivity contribution is 5.88. The number of H-pyrrole nitrogens is 1. The Balaban J connectivity index is 2.01. The molecule has 1 heterocycles. The minimum absolute atomic E-state index is 0.0538. The summed E-state index contributed by atoms with van der Waals surface area (Å²) in [6, 6.07) is 9.97. The number of benzene rings is 1. The summed E-state index contributed by atoms with van der Waals surface area (Å²) in [6.07, 6.45) is 2.19. The largest absolute Gasteiger partial charge is 0.361 e. The highest BCUT2D eigenvalue weighted by Gasteiger charge is 2.09. The van der Waals surface area contributed by atoms with Gasteiger partial charge >= 0.3 is 0 Å². The van der Waals surface area contributed by atoms with Crippen molar-refractivity contribution in [1.82, 2.24) is 10.3 Å². The first-order chi connectivity index (χ1) is 8.70. The molecule has 1 aromatic carbocycles. The highest BCUT2D eigenvalue weighted by Crippen LogP contribution is 2.17. The van der Waals surface area contributed by atoms with Gasteiger partial charge in [-0.15, -0.1) is 0 Å². The summed E-state index contributed by atoms with van der Waals surface area (Å²) in [5.41, 5.74) is 2.01. The van der Waals surface area contributed by atoms with E-state index >= 15 is 0 Å². The van der Waals surface area contributed by atoms with Gasteiger partial charge in [-0.1, -0.05) is 18.2 Å². The normalized spacial score (nSPS) is 12.0. The number of carbonyl (C=O) groups excluding carboxylic acids is 1. The van der Waals surface area contributed by atoms with Crippen molar-refractivity contribution in [3.05, 3.63) is 36.0 Å². The molecule has 2 N–H and O–H groups in total. The third kappa shape index (κ3) is 2.69. The van der Waals surface area contributed by atoms with Gasteiger partial charge in [-0.2, -0.15) is 5.26 Å². The maximum atomic E-state index is 11.7. The SMILES string of the molecule is CC(C#N)CNC(=O)Cc1c[nH]c2ccccc12. The molecule has 0 bridgehead atoms. The van der Waals surface area contributed by atoms with E-state index in [0.717, 1.165) is 16.5 Å². The van der Waals surface area contributed by atoms with Crippen LogP contribution in [0.3, 0.4) is 0 Å². The monoisotopic (exact) mass is 241 g/mol. The Morgan fingerprint density at radius 2 is 2.28 bits per heavy atom. The molecule has 0 saturated carbocycles. The van der Waals surface area contributed by atoms with Gasteiger partial charge in [-0.05, 0) is 18.6 Å². The Hall–Kier alpha value is -2.28. The van der Waals surface area contributed by atoms with Crippen molar-refractivity contribution < 1.29 is 4.79 Å². The molecule has 1 unspecified atom stereocenters. The lowest BCUT2D eigenvalue weighted by molar-refractivity contribution is -0.120. The van der Waals surface area contributed by atoms with E-state index in [9.17, 15) is 4.79 Å². The summed E-state index contributed by atoms with van der Waals surface area (Å²) in [5.74, 6) is -0.209. The Labute approximate surface area is 106 Å². The molecule has 4 nitrogen and oxygen atoms in total. The summed E-state index contributed by atoms with van der Waals surface area (Å²) in [5, 5.41) is 12.5. The highest BCUT2D eigenvalue weighted by atomic mass is 16.1. The zero-order valence-electron chi connectivity index (χ0n) is 10.2. The van der Waals surface area contributed by atoms with E-state index < -0.39 is 0 Å². The molecule has 2 aromatic rings. The third-order valence-corrected chi connectivity index (χ3v) is 2.85. The van der Waals surface area contributed by atoms with E-state index in [1.807, 2.05) is 30.5 Å². The maximum absolute atomic E-state index is 11.7. The smallest absolute Gasteiger partial charge is 0.224 e. The average Bonchev–Trinajstić information content (AvgIpc) is 2.79. The summed E-state index contributed by atoms with van der Waals surface area (Å²) in [4.78, 5) is 14.9. The molecule has 0 saturated heterocycles. The van der Waals surface area contributed by atoms with Gasteiger partial charge in [0.1, 0.15) is 0 Å². The van der Waals surface area contributed by atoms with E-state index in [2.05, 4.69) is 16.4 Å². The van der Waals surface area contributed by atoms with Crippen LogP contribution in [-0.4, -0.2) is 17.4 Å². The minimum atomic E-state index is -0.156. The number of hydrogen-bond acceptors (Lipinski definition) is 2. The minimum Gasteiger partial charge on any atom is -0.361 e. The second kappa shape index (κ2) is 5.37. The second-order valence-electron chi connectivity index (χ2n) is 4.37. The third-order valence-electron chi connectivity index (χ3n) is 2.85. The predicted octanol–water partition coefficient (Wildman–Crippen LogP) is 1.99. The van der Waals surface area contributed by atoms with Gasteiger partial charge in [0.2, 0.25) is 5.91 Å². The van der Waals surface area contributed by atoms with Crippen molar-refractivity contribution in [2.24, 2.45) is 5.92 Å². The number of nitrogens with one attached hydrogen (secondary N) is 2. The molecule has 2 rings (SSSR count). The lowest BCUT2D eigenvalue weighted by Crippen LogP contribution is -2.29. The number of para-hydroxylation sites is 1. The van der Waals surface area contributed by atoms with Crippen LogP contribution >= 0.6 is 0 Å². The molecular formula is C14H15N3O. The maximum Gasteiger partial charge on any atom is 0.224 e. The van der Waals surface area contributed by atoms with Gasteiger partial charge in [0, 0.05) is 23.6 Å². The van der Waals surface area contributed by atoms with Crippen molar-refractivity contribution in [2.45, 2.75) is 13.3 Å². The van der Waals surface area contributed by atoms with Gasteiger partial charge < -0.3 is 10.3 Å². The number of amides is 1. The molecule has 0 aliphatic heterocycles. The number of nitriles is 1. The lowest BCUT2D eigenvalue weighted by Gasteiger charge is -2.05. The fraction of sp³-hybridized carbons (Fsp3) is 0.286. The van der Waals surface area contributed by atoms with E-state index in [1.54, 1.807) is 6.92 Å². The molecule has 0 fully saturated rings. The van der Waals surface area contributed by atoms with Gasteiger partial charge in [0.15, 0.2) is 0 Å². The predicted molar refractivity (Wildman–Crippen MR) is 69.8 cm³/mol. The molecule has 1 aromatic heterocycles. The molecule has 0 radical (unpaired) electrons. The Morgan fingerprint density at radius 1 is 1.50 bits per heavy atom. The van der Waals surface area contributed by atoms with Crippen molar-refractivity contribution in [1.29, 1.82) is 5.26 Å². The topological polar surface area (TPSA) is 68.7 Å². The number of fused-ring (bicyclic) bond motifs is 1. The standard InChI is InChI=1S/C14H15N3O/c1-10(7-15)8-17-14(18)6-11-9-16-13-5-3-2-4-12(11)13/h2-5,9-10,16H,6,8H2,1H3,(H,17,18). The molecule has 0 aliphatic carbocycles. The summed E-state index contributed by atoms with van der Waals surface area (Å²) < 4.78 is 0. The molecule has 18 heavy (non-hydrogen) atoms. The van der Waals surface area contributed by atoms with Crippen molar-refractivity contribution in [3.8, 4) is 6.07 Å². The molecular weight excluding hydrogens is 226 g/mol. The van der Waals surface area contributed by atoms with Crippen molar-refractivity contribution in [3.63, 3.8) is 0 Å². The van der Waals surface area contributed by atoms with Crippen molar-refractivity contribution in [2.75, 3.05) is 6.54 Å². The lowest BCUT2D eigenvalue weighted by atomic mass is 10.1. The Kier molecular flexibility index (Phi) is 3.63. The molecule has 4 heteroatoms. The first-order valence-corrected chi connectivity index (χ1v) is 5.92. The zero-order valence-corrected chi connectivity index (χ0v) is 10.2. The quantitative estimate of drug-likeness (QED) is 0.859. The van der Waals surface area contributed by atoms with Crippen molar-refractivity contribution >= 4 is 16.8 Å². The second-order valence-corrected chi connectivity index (χ2v) is 4.37. The summed E-state index contributed by atoms with van der Waals surface area (Å²) in [6.45, 7) is 2.18. The molecule has 1 atom stereocenters. The first kappa shape index (κ1) is 12.2. The Morgan fingerprint density at radius 3 is 3.06 bits per heavy atom. The first-order valence-electron chi connectivity index (χ1n) is 5.92. The van der Waals surface area contributed by atoms with Gasteiger partial charge in [-0.3, -0.25) is 4.79 Å². The van der Waals surface area contributed by atoms with Gasteiger partial charge in [0.25, 0.3) is 0 Å². The molecule has 1 amide bonds. The van der Waals surface area contributed by atoms with Crippen LogP contribution in [0.15, 0.2) is 30.5 Å². The number of aromatic amines is 1. The van der Waals surface area contributed by atoms with Crippen LogP contribution in [0.25, 0.3) is 10.9 Å². The van der Waals surface area contributed by atoms with E-state index in [-0.39, 0.29) is 11.8 Å². The molecule has 0 spiro atoms. The zero-order chi connectivity index (χ0) is 13.0. The number of rotatable bonds is 4. The van der Waals surface area contributed by atoms with Crippen LogP contribution in [0.4, 0.5) is 0 Å². The molecule has 0 aliphatic rings. The Bertz CT molecular complexity index is 594. The number of hydrogen-bond donors (Lipinski definition) is 2. The number of aromatic nitrogens is 1. The average molecular weight is 241 g/mol. The van der Waals surface area contributed by atoms with E-state index in [1.165, 1.54) is 0 Å². The van der Waals surface area contributed by atoms with Crippen LogP contribution in [-0.2, 0) is 11.2 Å². The van der Waals surface area contributed by atoms with Crippen LogP contribution in [0.5, 0.6) is 0 Å². The fourth-order valence-electron chi connectivity index (χ4n) is 1.83.